The van der Waals surface area contributed by atoms with Crippen LogP contribution in [0.1, 0.15) is 27.2 Å². The van der Waals surface area contributed by atoms with E-state index in [1.807, 2.05) is 4.72 Å². The summed E-state index contributed by atoms with van der Waals surface area (Å²) in [4.78, 5) is 21.9. The summed E-state index contributed by atoms with van der Waals surface area (Å²) in [6.07, 6.45) is 0.344. The maximum absolute atomic E-state index is 12.8. The molecule has 1 aliphatic rings. The molecule has 0 radical (unpaired) electrons. The summed E-state index contributed by atoms with van der Waals surface area (Å²) < 4.78 is 104. The van der Waals surface area contributed by atoms with Crippen molar-refractivity contribution in [3.8, 4) is 11.5 Å². The molecule has 38 heavy (non-hydrogen) atoms. The molecule has 1 N–H and O–H groups in total. The first-order valence-corrected chi connectivity index (χ1v) is 13.9. The normalized spacial score (nSPS) is 16.1. The number of amides is 1. The maximum atomic E-state index is 12.8. The second kappa shape index (κ2) is 10.6. The zero-order valence-electron chi connectivity index (χ0n) is 20.8. The number of carbonyl (C=O) groups excluding carboxylic acids is 1. The van der Waals surface area contributed by atoms with E-state index in [-0.39, 0.29) is 30.9 Å². The maximum Gasteiger partial charge on any atom is 0.534 e. The van der Waals surface area contributed by atoms with Crippen LogP contribution in [0, 0.1) is 0 Å². The summed E-state index contributed by atoms with van der Waals surface area (Å²) in [5, 5.41) is 0.296. The molecule has 13 nitrogen and oxygen atoms in total. The molecule has 1 aromatic heterocycles. The van der Waals surface area contributed by atoms with Gasteiger partial charge in [0.1, 0.15) is 17.7 Å². The molecule has 0 spiro atoms. The molecular weight excluding hydrogens is 559 g/mol. The van der Waals surface area contributed by atoms with Gasteiger partial charge in [0.15, 0.2) is 11.5 Å². The molecule has 2 aromatic rings. The van der Waals surface area contributed by atoms with E-state index in [4.69, 9.17) is 9.47 Å². The van der Waals surface area contributed by atoms with E-state index in [1.165, 1.54) is 6.07 Å². The Labute approximate surface area is 217 Å². The number of hydrogen-bond acceptors (Lipinski definition) is 11. The molecule has 3 rings (SSSR count). The number of methoxy groups -OCH3 is 1. The molecule has 0 saturated carbocycles. The van der Waals surface area contributed by atoms with Crippen LogP contribution >= 0.6 is 0 Å². The quantitative estimate of drug-likeness (QED) is 0.391. The summed E-state index contributed by atoms with van der Waals surface area (Å²) in [7, 11) is -9.05. The first-order chi connectivity index (χ1) is 17.4. The van der Waals surface area contributed by atoms with Crippen molar-refractivity contribution in [2.45, 2.75) is 38.3 Å². The molecule has 1 amide bonds. The molecule has 0 aliphatic carbocycles. The van der Waals surface area contributed by atoms with Crippen LogP contribution in [-0.2, 0) is 25.1 Å². The topological polar surface area (TPSA) is 157 Å². The highest BCUT2D eigenvalue weighted by atomic mass is 32.2. The molecule has 1 saturated heterocycles. The molecule has 2 heterocycles. The lowest BCUT2D eigenvalue weighted by Gasteiger charge is -2.24. The number of nitrogens with zero attached hydrogens (tertiary/aromatic N) is 4. The highest BCUT2D eigenvalue weighted by Crippen LogP contribution is 2.38. The van der Waals surface area contributed by atoms with Crippen LogP contribution in [0.15, 0.2) is 18.5 Å². The van der Waals surface area contributed by atoms with Gasteiger partial charge in [-0.2, -0.15) is 34.3 Å². The Kier molecular flexibility index (Phi) is 8.18. The van der Waals surface area contributed by atoms with Gasteiger partial charge in [0.25, 0.3) is 0 Å². The number of rotatable bonds is 6. The number of alkyl halides is 3. The highest BCUT2D eigenvalue weighted by Gasteiger charge is 2.49. The van der Waals surface area contributed by atoms with Crippen LogP contribution in [0.2, 0.25) is 0 Å². The van der Waals surface area contributed by atoms with Crippen LogP contribution in [-0.4, -0.2) is 81.6 Å². The number of carbonyl (C=O) groups is 1. The van der Waals surface area contributed by atoms with Gasteiger partial charge < -0.3 is 18.6 Å². The van der Waals surface area contributed by atoms with E-state index < -0.39 is 43.3 Å². The van der Waals surface area contributed by atoms with Crippen LogP contribution in [0.5, 0.6) is 11.5 Å². The van der Waals surface area contributed by atoms with Crippen LogP contribution < -0.4 is 18.5 Å². The van der Waals surface area contributed by atoms with Gasteiger partial charge in [0.2, 0.25) is 0 Å². The Morgan fingerprint density at radius 3 is 2.29 bits per heavy atom. The Morgan fingerprint density at radius 2 is 1.68 bits per heavy atom. The SMILES string of the molecule is COc1cc2c(N3CCCN(S(=O)(=O)NC(=O)OC(C)(C)C)CC3)ncnc2cc1OS(=O)(=O)C(F)(F)F. The second-order valence-corrected chi connectivity index (χ2v) is 12.3. The van der Waals surface area contributed by atoms with E-state index in [2.05, 4.69) is 14.2 Å². The van der Waals surface area contributed by atoms with Gasteiger partial charge in [-0.1, -0.05) is 0 Å². The van der Waals surface area contributed by atoms with Crippen molar-refractivity contribution in [1.29, 1.82) is 0 Å². The number of halogens is 3. The smallest absolute Gasteiger partial charge is 0.493 e. The first-order valence-electron chi connectivity index (χ1n) is 11.0. The number of hydrogen-bond donors (Lipinski definition) is 1. The van der Waals surface area contributed by atoms with Gasteiger partial charge in [-0.15, -0.1) is 0 Å². The Morgan fingerprint density at radius 1 is 1.00 bits per heavy atom. The number of nitrogens with one attached hydrogen (secondary N) is 1. The van der Waals surface area contributed by atoms with Gasteiger partial charge in [0.05, 0.1) is 12.6 Å². The lowest BCUT2D eigenvalue weighted by Crippen LogP contribution is -2.46. The molecule has 0 atom stereocenters. The summed E-state index contributed by atoms with van der Waals surface area (Å²) in [6, 6.07) is 2.21. The van der Waals surface area contributed by atoms with Crippen molar-refractivity contribution < 1.29 is 48.5 Å². The summed E-state index contributed by atoms with van der Waals surface area (Å²) in [6.45, 7) is 5.27. The standard InChI is InChI=1S/C20H26F3N5O8S2/c1-19(2,3)35-18(29)26-38(32,33)28-7-5-6-27(8-9-28)17-13-10-15(34-4)16(11-14(13)24-12-25-17)36-37(30,31)20(21,22)23/h10-12H,5-9H2,1-4H3,(H,26,29). The Hall–Kier alpha value is -3.12. The van der Waals surface area contributed by atoms with Crippen molar-refractivity contribution in [2.75, 3.05) is 38.2 Å². The largest absolute Gasteiger partial charge is 0.534 e. The van der Waals surface area contributed by atoms with Crippen LogP contribution in [0.3, 0.4) is 0 Å². The molecule has 0 bridgehead atoms. The molecular formula is C20H26F3N5O8S2. The van der Waals surface area contributed by atoms with E-state index in [0.717, 1.165) is 23.8 Å². The second-order valence-electron chi connectivity index (χ2n) is 9.05. The fraction of sp³-hybridized carbons (Fsp3) is 0.550. The third kappa shape index (κ3) is 6.84. The van der Waals surface area contributed by atoms with Crippen molar-refractivity contribution in [3.05, 3.63) is 18.5 Å². The molecule has 1 aliphatic heterocycles. The van der Waals surface area contributed by atoms with Gasteiger partial charge in [-0.3, -0.25) is 0 Å². The van der Waals surface area contributed by atoms with Gasteiger partial charge in [0, 0.05) is 37.6 Å². The van der Waals surface area contributed by atoms with Crippen molar-refractivity contribution in [2.24, 2.45) is 0 Å². The summed E-state index contributed by atoms with van der Waals surface area (Å²) >= 11 is 0. The van der Waals surface area contributed by atoms with E-state index >= 15 is 0 Å². The predicted octanol–water partition coefficient (Wildman–Crippen LogP) is 2.15. The minimum atomic E-state index is -5.96. The Balaban J connectivity index is 1.86. The lowest BCUT2D eigenvalue weighted by atomic mass is 10.2. The van der Waals surface area contributed by atoms with Crippen molar-refractivity contribution >= 4 is 43.1 Å². The molecule has 18 heteroatoms. The minimum Gasteiger partial charge on any atom is -0.493 e. The van der Waals surface area contributed by atoms with Gasteiger partial charge in [-0.05, 0) is 33.3 Å². The third-order valence-electron chi connectivity index (χ3n) is 5.09. The average molecular weight is 586 g/mol. The van der Waals surface area contributed by atoms with Crippen LogP contribution in [0.25, 0.3) is 10.9 Å². The zero-order valence-corrected chi connectivity index (χ0v) is 22.4. The fourth-order valence-corrected chi connectivity index (χ4v) is 5.04. The number of aromatic nitrogens is 2. The summed E-state index contributed by atoms with van der Waals surface area (Å²) in [5.41, 5.74) is -6.49. The lowest BCUT2D eigenvalue weighted by molar-refractivity contribution is -0.0500. The van der Waals surface area contributed by atoms with Gasteiger partial charge in [-0.25, -0.2) is 19.5 Å². The van der Waals surface area contributed by atoms with Crippen LogP contribution in [0.4, 0.5) is 23.8 Å². The number of anilines is 1. The van der Waals surface area contributed by atoms with Gasteiger partial charge >= 0.3 is 31.9 Å². The third-order valence-corrected chi connectivity index (χ3v) is 7.52. The highest BCUT2D eigenvalue weighted by molar-refractivity contribution is 7.88. The van der Waals surface area contributed by atoms with E-state index in [1.54, 1.807) is 25.7 Å². The van der Waals surface area contributed by atoms with E-state index in [0.29, 0.717) is 24.2 Å². The molecule has 212 valence electrons. The summed E-state index contributed by atoms with van der Waals surface area (Å²) in [5.74, 6) is -0.733. The van der Waals surface area contributed by atoms with Crippen molar-refractivity contribution in [3.63, 3.8) is 0 Å². The Bertz CT molecular complexity index is 1410. The molecule has 0 unspecified atom stereocenters. The minimum absolute atomic E-state index is 0.0359. The number of fused-ring (bicyclic) bond motifs is 1. The first kappa shape index (κ1) is 29.4. The zero-order chi connectivity index (χ0) is 28.5. The number of ether oxygens (including phenoxy) is 2. The number of benzene rings is 1. The fourth-order valence-electron chi connectivity index (χ4n) is 3.51. The van der Waals surface area contributed by atoms with E-state index in [9.17, 15) is 34.8 Å². The molecule has 1 fully saturated rings. The monoisotopic (exact) mass is 585 g/mol. The average Bonchev–Trinajstić information content (AvgIpc) is 3.02. The predicted molar refractivity (Wildman–Crippen MR) is 128 cm³/mol. The van der Waals surface area contributed by atoms with Crippen molar-refractivity contribution in [1.82, 2.24) is 19.0 Å². The molecule has 1 aromatic carbocycles.